The van der Waals surface area contributed by atoms with Crippen molar-refractivity contribution in [1.82, 2.24) is 4.90 Å². The fourth-order valence-electron chi connectivity index (χ4n) is 2.66. The summed E-state index contributed by atoms with van der Waals surface area (Å²) in [5, 5.41) is 1.08. The van der Waals surface area contributed by atoms with Gasteiger partial charge in [-0.2, -0.15) is 0 Å². The first-order valence-electron chi connectivity index (χ1n) is 6.44. The highest BCUT2D eigenvalue weighted by molar-refractivity contribution is 8.12. The quantitative estimate of drug-likeness (QED) is 0.761. The summed E-state index contributed by atoms with van der Waals surface area (Å²) in [7, 11) is -0.624. The van der Waals surface area contributed by atoms with Crippen LogP contribution in [0, 0.1) is 0 Å². The van der Waals surface area contributed by atoms with Crippen LogP contribution in [-0.2, 0) is 10.8 Å². The van der Waals surface area contributed by atoms with Gasteiger partial charge in [-0.3, -0.25) is 4.21 Å². The van der Waals surface area contributed by atoms with Crippen LogP contribution in [0.4, 0.5) is 0 Å². The fraction of sp³-hybridized carbons (Fsp3) is 1.00. The predicted octanol–water partition coefficient (Wildman–Crippen LogP) is 2.46. The minimum absolute atomic E-state index is 0.358. The number of hydrogen-bond donors (Lipinski definition) is 0. The standard InChI is InChI=1S/C12H23NOS2/c1-10-8-11(2)16(14)12(15-10)9-13-6-4-3-5-7-13/h10-12H,3-9H2,1-2H3/t10-,11+,12+,16?/m0/s1. The lowest BCUT2D eigenvalue weighted by Gasteiger charge is -2.35. The third kappa shape index (κ3) is 3.23. The van der Waals surface area contributed by atoms with Crippen molar-refractivity contribution in [1.29, 1.82) is 0 Å². The molecule has 1 unspecified atom stereocenters. The van der Waals surface area contributed by atoms with E-state index in [1.54, 1.807) is 0 Å². The number of nitrogens with zero attached hydrogens (tertiary/aromatic N) is 1. The first-order valence-corrected chi connectivity index (χ1v) is 8.66. The number of likely N-dealkylation sites (tertiary alicyclic amines) is 1. The lowest BCUT2D eigenvalue weighted by Crippen LogP contribution is -2.41. The van der Waals surface area contributed by atoms with Crippen LogP contribution in [0.2, 0.25) is 0 Å². The van der Waals surface area contributed by atoms with E-state index in [1.165, 1.54) is 32.4 Å². The monoisotopic (exact) mass is 261 g/mol. The van der Waals surface area contributed by atoms with Crippen molar-refractivity contribution < 1.29 is 4.21 Å². The van der Waals surface area contributed by atoms with Gasteiger partial charge in [0.2, 0.25) is 0 Å². The summed E-state index contributed by atoms with van der Waals surface area (Å²) in [6.07, 6.45) is 5.15. The van der Waals surface area contributed by atoms with Gasteiger partial charge in [0.15, 0.2) is 0 Å². The fourth-order valence-corrected chi connectivity index (χ4v) is 6.93. The maximum atomic E-state index is 12.2. The molecule has 2 fully saturated rings. The molecule has 2 aliphatic rings. The summed E-state index contributed by atoms with van der Waals surface area (Å²) in [5.74, 6) is 0. The molecule has 0 saturated carbocycles. The van der Waals surface area contributed by atoms with Gasteiger partial charge in [-0.05, 0) is 32.4 Å². The van der Waals surface area contributed by atoms with Gasteiger partial charge in [0, 0.05) is 27.8 Å². The van der Waals surface area contributed by atoms with Gasteiger partial charge in [-0.25, -0.2) is 0 Å². The Morgan fingerprint density at radius 3 is 2.62 bits per heavy atom. The lowest BCUT2D eigenvalue weighted by atomic mass is 10.1. The van der Waals surface area contributed by atoms with E-state index in [1.807, 2.05) is 11.8 Å². The summed E-state index contributed by atoms with van der Waals surface area (Å²) in [4.78, 5) is 2.52. The summed E-state index contributed by atoms with van der Waals surface area (Å²) in [5.41, 5.74) is 0. The number of rotatable bonds is 2. The molecule has 94 valence electrons. The minimum atomic E-state index is -0.624. The Labute approximate surface area is 106 Å². The second-order valence-corrected chi connectivity index (χ2v) is 9.09. The van der Waals surface area contributed by atoms with E-state index in [2.05, 4.69) is 18.7 Å². The van der Waals surface area contributed by atoms with E-state index in [0.29, 0.717) is 15.1 Å². The molecule has 2 saturated heterocycles. The maximum absolute atomic E-state index is 12.2. The third-order valence-electron chi connectivity index (χ3n) is 3.56. The third-order valence-corrected chi connectivity index (χ3v) is 7.22. The molecule has 2 aliphatic heterocycles. The Kier molecular flexibility index (Phi) is 4.74. The van der Waals surface area contributed by atoms with Gasteiger partial charge in [0.05, 0.1) is 4.58 Å². The number of piperidine rings is 1. The summed E-state index contributed by atoms with van der Waals surface area (Å²) < 4.78 is 12.6. The van der Waals surface area contributed by atoms with Crippen LogP contribution < -0.4 is 0 Å². The van der Waals surface area contributed by atoms with E-state index in [0.717, 1.165) is 13.0 Å². The summed E-state index contributed by atoms with van der Waals surface area (Å²) >= 11 is 1.95. The highest BCUT2D eigenvalue weighted by Crippen LogP contribution is 2.33. The van der Waals surface area contributed by atoms with Crippen LogP contribution in [0.3, 0.4) is 0 Å². The first kappa shape index (κ1) is 12.9. The van der Waals surface area contributed by atoms with Gasteiger partial charge in [-0.1, -0.05) is 20.3 Å². The Morgan fingerprint density at radius 1 is 1.25 bits per heavy atom. The molecule has 4 atom stereocenters. The van der Waals surface area contributed by atoms with Gasteiger partial charge in [0.1, 0.15) is 0 Å². The Balaban J connectivity index is 1.89. The molecule has 0 aromatic carbocycles. The highest BCUT2D eigenvalue weighted by atomic mass is 32.2. The molecule has 0 aromatic heterocycles. The molecule has 4 heteroatoms. The van der Waals surface area contributed by atoms with Crippen molar-refractivity contribution in [3.63, 3.8) is 0 Å². The van der Waals surface area contributed by atoms with Crippen molar-refractivity contribution in [3.05, 3.63) is 0 Å². The molecule has 2 rings (SSSR count). The molecule has 0 N–H and O–H groups in total. The zero-order valence-electron chi connectivity index (χ0n) is 10.4. The summed E-state index contributed by atoms with van der Waals surface area (Å²) in [6, 6.07) is 0. The van der Waals surface area contributed by atoms with Crippen molar-refractivity contribution in [2.75, 3.05) is 19.6 Å². The largest absolute Gasteiger partial charge is 0.301 e. The minimum Gasteiger partial charge on any atom is -0.301 e. The smallest absolute Gasteiger partial charge is 0.0933 e. The van der Waals surface area contributed by atoms with E-state index in [-0.39, 0.29) is 0 Å². The molecule has 0 bridgehead atoms. The molecule has 2 nitrogen and oxygen atoms in total. The molecular weight excluding hydrogens is 238 g/mol. The second-order valence-electron chi connectivity index (χ2n) is 5.11. The zero-order valence-corrected chi connectivity index (χ0v) is 12.0. The predicted molar refractivity (Wildman–Crippen MR) is 73.4 cm³/mol. The molecular formula is C12H23NOS2. The van der Waals surface area contributed by atoms with Gasteiger partial charge >= 0.3 is 0 Å². The molecule has 0 aromatic rings. The van der Waals surface area contributed by atoms with Crippen molar-refractivity contribution in [2.24, 2.45) is 0 Å². The van der Waals surface area contributed by atoms with Crippen molar-refractivity contribution in [2.45, 2.75) is 54.6 Å². The lowest BCUT2D eigenvalue weighted by molar-refractivity contribution is 0.238. The Bertz CT molecular complexity index is 253. The Hall–Kier alpha value is 0.460. The molecule has 0 amide bonds. The van der Waals surface area contributed by atoms with Crippen molar-refractivity contribution >= 4 is 22.6 Å². The van der Waals surface area contributed by atoms with Gasteiger partial charge < -0.3 is 4.90 Å². The highest BCUT2D eigenvalue weighted by Gasteiger charge is 2.32. The van der Waals surface area contributed by atoms with Crippen LogP contribution in [0.15, 0.2) is 0 Å². The normalized spacial score (nSPS) is 42.1. The van der Waals surface area contributed by atoms with Gasteiger partial charge in [-0.15, -0.1) is 11.8 Å². The Morgan fingerprint density at radius 2 is 1.94 bits per heavy atom. The molecule has 2 heterocycles. The van der Waals surface area contributed by atoms with E-state index in [4.69, 9.17) is 0 Å². The number of thioether (sulfide) groups is 1. The van der Waals surface area contributed by atoms with E-state index < -0.39 is 10.8 Å². The van der Waals surface area contributed by atoms with Crippen LogP contribution in [0.5, 0.6) is 0 Å². The van der Waals surface area contributed by atoms with Crippen LogP contribution in [0.25, 0.3) is 0 Å². The van der Waals surface area contributed by atoms with Crippen molar-refractivity contribution in [3.8, 4) is 0 Å². The number of hydrogen-bond acceptors (Lipinski definition) is 3. The summed E-state index contributed by atoms with van der Waals surface area (Å²) in [6.45, 7) is 7.91. The second kappa shape index (κ2) is 5.87. The molecule has 0 aliphatic carbocycles. The van der Waals surface area contributed by atoms with Crippen LogP contribution in [0.1, 0.15) is 39.5 Å². The van der Waals surface area contributed by atoms with Crippen LogP contribution >= 0.6 is 11.8 Å². The van der Waals surface area contributed by atoms with Crippen LogP contribution in [-0.4, -0.2) is 43.8 Å². The van der Waals surface area contributed by atoms with E-state index >= 15 is 0 Å². The molecule has 16 heavy (non-hydrogen) atoms. The topological polar surface area (TPSA) is 20.3 Å². The molecule has 0 radical (unpaired) electrons. The SMILES string of the molecule is C[C@@H]1C[C@H](C)S[C@@H](CN2CCCCC2)S1=O. The average Bonchev–Trinajstić information content (AvgIpc) is 2.27. The first-order chi connectivity index (χ1) is 7.66. The molecule has 0 spiro atoms. The maximum Gasteiger partial charge on any atom is 0.0933 e. The van der Waals surface area contributed by atoms with Gasteiger partial charge in [0.25, 0.3) is 0 Å². The van der Waals surface area contributed by atoms with E-state index in [9.17, 15) is 4.21 Å². The average molecular weight is 261 g/mol. The zero-order chi connectivity index (χ0) is 11.5.